The highest BCUT2D eigenvalue weighted by Crippen LogP contribution is 2.24. The SMILES string of the molecule is Cn1cc(S(=O)(=O)Nc2nc3ccccc3nc2NCCc2ccc(Cl)cc2)cn1. The van der Waals surface area contributed by atoms with Gasteiger partial charge in [0.2, 0.25) is 0 Å². The second-order valence-corrected chi connectivity index (χ2v) is 8.79. The van der Waals surface area contributed by atoms with E-state index in [4.69, 9.17) is 11.6 Å². The Morgan fingerprint density at radius 2 is 1.67 bits per heavy atom. The average molecular weight is 443 g/mol. The smallest absolute Gasteiger partial charge is 0.266 e. The van der Waals surface area contributed by atoms with Crippen LogP contribution in [0.4, 0.5) is 11.6 Å². The number of aromatic nitrogens is 4. The van der Waals surface area contributed by atoms with Gasteiger partial charge in [0, 0.05) is 24.8 Å². The number of rotatable bonds is 7. The maximum absolute atomic E-state index is 12.8. The predicted octanol–water partition coefficient (Wildman–Crippen LogP) is 3.47. The van der Waals surface area contributed by atoms with Crippen molar-refractivity contribution in [1.82, 2.24) is 19.7 Å². The Bertz CT molecular complexity index is 1290. The number of para-hydroxylation sites is 2. The van der Waals surface area contributed by atoms with Crippen LogP contribution in [0, 0.1) is 0 Å². The Morgan fingerprint density at radius 1 is 1.00 bits per heavy atom. The fourth-order valence-electron chi connectivity index (χ4n) is 2.89. The van der Waals surface area contributed by atoms with Crippen LogP contribution in [0.25, 0.3) is 11.0 Å². The lowest BCUT2D eigenvalue weighted by atomic mass is 10.1. The van der Waals surface area contributed by atoms with Gasteiger partial charge >= 0.3 is 0 Å². The Morgan fingerprint density at radius 3 is 2.30 bits per heavy atom. The summed E-state index contributed by atoms with van der Waals surface area (Å²) in [6, 6.07) is 14.8. The van der Waals surface area contributed by atoms with Gasteiger partial charge in [-0.3, -0.25) is 9.40 Å². The van der Waals surface area contributed by atoms with E-state index in [1.54, 1.807) is 13.1 Å². The fraction of sp³-hybridized carbons (Fsp3) is 0.150. The van der Waals surface area contributed by atoms with Crippen LogP contribution in [-0.4, -0.2) is 34.7 Å². The lowest BCUT2D eigenvalue weighted by Crippen LogP contribution is -2.17. The van der Waals surface area contributed by atoms with Gasteiger partial charge in [0.1, 0.15) is 4.90 Å². The molecular weight excluding hydrogens is 424 g/mol. The summed E-state index contributed by atoms with van der Waals surface area (Å²) in [6.45, 7) is 0.538. The van der Waals surface area contributed by atoms with Crippen molar-refractivity contribution < 1.29 is 8.42 Å². The number of nitrogens with one attached hydrogen (secondary N) is 2. The molecule has 2 aromatic heterocycles. The van der Waals surface area contributed by atoms with Gasteiger partial charge in [0.25, 0.3) is 10.0 Å². The third-order valence-corrected chi connectivity index (χ3v) is 5.96. The molecule has 0 bridgehead atoms. The van der Waals surface area contributed by atoms with E-state index in [0.29, 0.717) is 34.8 Å². The first-order valence-corrected chi connectivity index (χ1v) is 11.0. The Kier molecular flexibility index (Phi) is 5.56. The van der Waals surface area contributed by atoms with Gasteiger partial charge in [-0.25, -0.2) is 18.4 Å². The highest BCUT2D eigenvalue weighted by molar-refractivity contribution is 7.92. The largest absolute Gasteiger partial charge is 0.367 e. The normalized spacial score (nSPS) is 11.5. The summed E-state index contributed by atoms with van der Waals surface area (Å²) in [6.07, 6.45) is 3.41. The van der Waals surface area contributed by atoms with Crippen molar-refractivity contribution in [3.05, 3.63) is 71.5 Å². The molecule has 4 rings (SSSR count). The maximum atomic E-state index is 12.8. The maximum Gasteiger partial charge on any atom is 0.266 e. The number of aryl methyl sites for hydroxylation is 1. The first kappa shape index (κ1) is 20.1. The van der Waals surface area contributed by atoms with E-state index in [1.807, 2.05) is 42.5 Å². The van der Waals surface area contributed by atoms with Gasteiger partial charge in [-0.15, -0.1) is 0 Å². The Balaban J connectivity index is 1.61. The molecule has 2 heterocycles. The molecule has 0 aliphatic heterocycles. The molecule has 0 atom stereocenters. The number of fused-ring (bicyclic) bond motifs is 1. The summed E-state index contributed by atoms with van der Waals surface area (Å²) in [5.41, 5.74) is 2.35. The van der Waals surface area contributed by atoms with E-state index >= 15 is 0 Å². The van der Waals surface area contributed by atoms with Gasteiger partial charge in [-0.2, -0.15) is 5.10 Å². The van der Waals surface area contributed by atoms with Crippen LogP contribution in [0.2, 0.25) is 5.02 Å². The van der Waals surface area contributed by atoms with E-state index in [2.05, 4.69) is 25.1 Å². The second kappa shape index (κ2) is 8.29. The van der Waals surface area contributed by atoms with Crippen molar-refractivity contribution in [1.29, 1.82) is 0 Å². The first-order valence-electron chi connectivity index (χ1n) is 9.17. The molecule has 2 N–H and O–H groups in total. The molecule has 0 spiro atoms. The summed E-state index contributed by atoms with van der Waals surface area (Å²) in [4.78, 5) is 9.08. The van der Waals surface area contributed by atoms with Crippen LogP contribution in [0.3, 0.4) is 0 Å². The predicted molar refractivity (Wildman–Crippen MR) is 117 cm³/mol. The van der Waals surface area contributed by atoms with E-state index < -0.39 is 10.0 Å². The van der Waals surface area contributed by atoms with Gasteiger partial charge in [-0.05, 0) is 36.2 Å². The molecule has 0 amide bonds. The zero-order valence-corrected chi connectivity index (χ0v) is 17.7. The van der Waals surface area contributed by atoms with Crippen molar-refractivity contribution in [2.75, 3.05) is 16.6 Å². The number of sulfonamides is 1. The van der Waals surface area contributed by atoms with E-state index in [9.17, 15) is 8.42 Å². The molecule has 0 radical (unpaired) electrons. The van der Waals surface area contributed by atoms with Crippen LogP contribution < -0.4 is 10.0 Å². The minimum Gasteiger partial charge on any atom is -0.367 e. The molecule has 0 saturated carbocycles. The van der Waals surface area contributed by atoms with Crippen LogP contribution in [0.5, 0.6) is 0 Å². The summed E-state index contributed by atoms with van der Waals surface area (Å²) >= 11 is 5.93. The molecule has 0 saturated heterocycles. The molecule has 0 aliphatic carbocycles. The molecule has 154 valence electrons. The zero-order valence-electron chi connectivity index (χ0n) is 16.1. The van der Waals surface area contributed by atoms with Gasteiger partial charge in [0.05, 0.1) is 17.2 Å². The number of hydrogen-bond donors (Lipinski definition) is 2. The summed E-state index contributed by atoms with van der Waals surface area (Å²) in [5.74, 6) is 0.490. The fourth-order valence-corrected chi connectivity index (χ4v) is 4.01. The number of halogens is 1. The van der Waals surface area contributed by atoms with Crippen LogP contribution in [-0.2, 0) is 23.5 Å². The monoisotopic (exact) mass is 442 g/mol. The minimum atomic E-state index is -3.86. The van der Waals surface area contributed by atoms with Gasteiger partial charge < -0.3 is 5.32 Å². The van der Waals surface area contributed by atoms with Crippen molar-refractivity contribution in [2.45, 2.75) is 11.3 Å². The molecule has 0 aliphatic rings. The molecule has 10 heteroatoms. The number of benzene rings is 2. The molecule has 0 unspecified atom stereocenters. The third-order valence-electron chi connectivity index (χ3n) is 4.41. The number of nitrogens with zero attached hydrogens (tertiary/aromatic N) is 4. The molecule has 2 aromatic carbocycles. The minimum absolute atomic E-state index is 0.0482. The lowest BCUT2D eigenvalue weighted by molar-refractivity contribution is 0.601. The Hall–Kier alpha value is -3.17. The van der Waals surface area contributed by atoms with Gasteiger partial charge in [0.15, 0.2) is 11.6 Å². The van der Waals surface area contributed by atoms with Crippen LogP contribution in [0.15, 0.2) is 65.8 Å². The number of anilines is 2. The average Bonchev–Trinajstić information content (AvgIpc) is 3.17. The molecule has 4 aromatic rings. The topological polar surface area (TPSA) is 102 Å². The van der Waals surface area contributed by atoms with E-state index in [1.165, 1.54) is 17.1 Å². The summed E-state index contributed by atoms with van der Waals surface area (Å²) in [7, 11) is -2.20. The quantitative estimate of drug-likeness (QED) is 0.454. The summed E-state index contributed by atoms with van der Waals surface area (Å²) in [5, 5.41) is 7.80. The standard InChI is InChI=1S/C20H19ClN6O2S/c1-27-13-16(12-23-27)30(28,29)26-20-19(24-17-4-2-3-5-18(17)25-20)22-11-10-14-6-8-15(21)9-7-14/h2-9,12-13H,10-11H2,1H3,(H,22,24)(H,25,26). The highest BCUT2D eigenvalue weighted by atomic mass is 35.5. The summed E-state index contributed by atoms with van der Waals surface area (Å²) < 4.78 is 29.5. The molecular formula is C20H19ClN6O2S. The van der Waals surface area contributed by atoms with E-state index in [-0.39, 0.29) is 10.7 Å². The third kappa shape index (κ3) is 4.52. The van der Waals surface area contributed by atoms with Crippen molar-refractivity contribution >= 4 is 44.3 Å². The van der Waals surface area contributed by atoms with Crippen molar-refractivity contribution in [2.24, 2.45) is 7.05 Å². The molecule has 8 nitrogen and oxygen atoms in total. The molecule has 0 fully saturated rings. The zero-order chi connectivity index (χ0) is 21.1. The van der Waals surface area contributed by atoms with Crippen LogP contribution in [0.1, 0.15) is 5.56 Å². The first-order chi connectivity index (χ1) is 14.4. The highest BCUT2D eigenvalue weighted by Gasteiger charge is 2.20. The van der Waals surface area contributed by atoms with Crippen molar-refractivity contribution in [3.63, 3.8) is 0 Å². The van der Waals surface area contributed by atoms with Gasteiger partial charge in [-0.1, -0.05) is 35.9 Å². The Labute approximate surface area is 179 Å². The van der Waals surface area contributed by atoms with Crippen LogP contribution >= 0.6 is 11.6 Å². The second-order valence-electron chi connectivity index (χ2n) is 6.67. The molecule has 30 heavy (non-hydrogen) atoms. The number of hydrogen-bond acceptors (Lipinski definition) is 6. The van der Waals surface area contributed by atoms with Crippen molar-refractivity contribution in [3.8, 4) is 0 Å². The van der Waals surface area contributed by atoms with E-state index in [0.717, 1.165) is 5.56 Å². The lowest BCUT2D eigenvalue weighted by Gasteiger charge is -2.13.